The van der Waals surface area contributed by atoms with E-state index in [2.05, 4.69) is 10.3 Å². The highest BCUT2D eigenvalue weighted by Crippen LogP contribution is 2.31. The summed E-state index contributed by atoms with van der Waals surface area (Å²) in [6.07, 6.45) is 0.604. The van der Waals surface area contributed by atoms with Crippen molar-refractivity contribution in [1.29, 1.82) is 0 Å². The number of benzene rings is 2. The molecule has 0 unspecified atom stereocenters. The molecule has 28 heavy (non-hydrogen) atoms. The lowest BCUT2D eigenvalue weighted by Gasteiger charge is -2.10. The van der Waals surface area contributed by atoms with E-state index in [1.54, 1.807) is 26.4 Å². The monoisotopic (exact) mass is 380 g/mol. The van der Waals surface area contributed by atoms with Gasteiger partial charge < -0.3 is 19.8 Å². The van der Waals surface area contributed by atoms with Crippen LogP contribution in [-0.4, -0.2) is 25.1 Å². The van der Waals surface area contributed by atoms with Gasteiger partial charge in [0.05, 0.1) is 19.7 Å². The van der Waals surface area contributed by atoms with Crippen molar-refractivity contribution in [2.75, 3.05) is 14.2 Å². The van der Waals surface area contributed by atoms with Crippen molar-refractivity contribution >= 4 is 16.8 Å². The van der Waals surface area contributed by atoms with Crippen LogP contribution in [0.4, 0.5) is 0 Å². The molecule has 0 saturated carbocycles. The van der Waals surface area contributed by atoms with Crippen molar-refractivity contribution < 1.29 is 14.3 Å². The average Bonchev–Trinajstić information content (AvgIpc) is 2.70. The molecule has 2 N–H and O–H groups in total. The van der Waals surface area contributed by atoms with Gasteiger partial charge in [0.1, 0.15) is 0 Å². The number of rotatable bonds is 7. The highest BCUT2D eigenvalue weighted by Gasteiger charge is 2.10. The summed E-state index contributed by atoms with van der Waals surface area (Å²) in [4.78, 5) is 27.4. The second-order valence-electron chi connectivity index (χ2n) is 6.68. The number of amides is 1. The molecule has 0 bridgehead atoms. The highest BCUT2D eigenvalue weighted by atomic mass is 16.5. The molecular weight excluding hydrogens is 356 g/mol. The molecule has 0 atom stereocenters. The number of carbonyl (C=O) groups is 1. The van der Waals surface area contributed by atoms with Gasteiger partial charge in [-0.1, -0.05) is 29.8 Å². The lowest BCUT2D eigenvalue weighted by atomic mass is 10.1. The van der Waals surface area contributed by atoms with Crippen LogP contribution < -0.4 is 20.3 Å². The molecule has 0 aliphatic heterocycles. The fraction of sp³-hybridized carbons (Fsp3) is 0.273. The van der Waals surface area contributed by atoms with Gasteiger partial charge in [-0.25, -0.2) is 0 Å². The van der Waals surface area contributed by atoms with Crippen LogP contribution in [0.5, 0.6) is 11.5 Å². The van der Waals surface area contributed by atoms with Crippen LogP contribution >= 0.6 is 0 Å². The smallest absolute Gasteiger partial charge is 0.251 e. The van der Waals surface area contributed by atoms with Gasteiger partial charge in [-0.15, -0.1) is 0 Å². The van der Waals surface area contributed by atoms with Gasteiger partial charge in [0.25, 0.3) is 5.56 Å². The molecule has 1 heterocycles. The van der Waals surface area contributed by atoms with E-state index in [9.17, 15) is 9.59 Å². The Morgan fingerprint density at radius 1 is 1.04 bits per heavy atom. The molecule has 0 radical (unpaired) electrons. The molecule has 0 saturated heterocycles. The van der Waals surface area contributed by atoms with E-state index in [4.69, 9.17) is 9.47 Å². The summed E-state index contributed by atoms with van der Waals surface area (Å²) in [6, 6.07) is 13.3. The number of nitrogens with one attached hydrogen (secondary N) is 2. The number of H-pyrrole nitrogens is 1. The summed E-state index contributed by atoms with van der Waals surface area (Å²) in [5, 5.41) is 3.72. The standard InChI is InChI=1S/C22H24N2O4/c1-14-4-6-15(7-5-14)13-23-21(25)9-8-16-10-17-11-19(27-2)20(28-3)12-18(17)24-22(16)26/h4-7,10-12H,8-9,13H2,1-3H3,(H,23,25)(H,24,26). The fourth-order valence-corrected chi connectivity index (χ4v) is 3.01. The van der Waals surface area contributed by atoms with Crippen molar-refractivity contribution in [1.82, 2.24) is 10.3 Å². The predicted octanol–water partition coefficient (Wildman–Crippen LogP) is 3.10. The van der Waals surface area contributed by atoms with Crippen LogP contribution in [0.3, 0.4) is 0 Å². The first kappa shape index (κ1) is 19.5. The van der Waals surface area contributed by atoms with Crippen molar-refractivity contribution in [2.24, 2.45) is 0 Å². The van der Waals surface area contributed by atoms with E-state index in [0.29, 0.717) is 35.5 Å². The molecule has 0 aliphatic carbocycles. The summed E-state index contributed by atoms with van der Waals surface area (Å²) >= 11 is 0. The third-order valence-corrected chi connectivity index (χ3v) is 4.66. The van der Waals surface area contributed by atoms with Gasteiger partial charge in [-0.2, -0.15) is 0 Å². The van der Waals surface area contributed by atoms with Gasteiger partial charge in [0.2, 0.25) is 5.91 Å². The maximum Gasteiger partial charge on any atom is 0.251 e. The maximum absolute atomic E-state index is 12.4. The van der Waals surface area contributed by atoms with E-state index in [0.717, 1.165) is 10.9 Å². The van der Waals surface area contributed by atoms with Crippen LogP contribution in [0, 0.1) is 6.92 Å². The topological polar surface area (TPSA) is 80.4 Å². The van der Waals surface area contributed by atoms with Crippen LogP contribution in [0.2, 0.25) is 0 Å². The summed E-state index contributed by atoms with van der Waals surface area (Å²) in [6.45, 7) is 2.50. The van der Waals surface area contributed by atoms with Gasteiger partial charge in [0, 0.05) is 30.0 Å². The first-order chi connectivity index (χ1) is 13.5. The van der Waals surface area contributed by atoms with E-state index in [1.807, 2.05) is 37.3 Å². The average molecular weight is 380 g/mol. The van der Waals surface area contributed by atoms with E-state index >= 15 is 0 Å². The van der Waals surface area contributed by atoms with Gasteiger partial charge in [-0.05, 0) is 31.0 Å². The van der Waals surface area contributed by atoms with Crippen LogP contribution in [0.15, 0.2) is 47.3 Å². The molecule has 3 aromatic rings. The maximum atomic E-state index is 12.4. The van der Waals surface area contributed by atoms with E-state index in [1.165, 1.54) is 5.56 Å². The number of aryl methyl sites for hydroxylation is 2. The van der Waals surface area contributed by atoms with E-state index in [-0.39, 0.29) is 17.9 Å². The Bertz CT molecular complexity index is 1040. The Kier molecular flexibility index (Phi) is 5.99. The molecule has 146 valence electrons. The number of aromatic amines is 1. The molecule has 1 aromatic heterocycles. The number of hydrogen-bond donors (Lipinski definition) is 2. The zero-order chi connectivity index (χ0) is 20.1. The first-order valence-electron chi connectivity index (χ1n) is 9.10. The Labute approximate surface area is 163 Å². The normalized spacial score (nSPS) is 10.7. The predicted molar refractivity (Wildman–Crippen MR) is 109 cm³/mol. The number of hydrogen-bond acceptors (Lipinski definition) is 4. The Hall–Kier alpha value is -3.28. The second kappa shape index (κ2) is 8.61. The van der Waals surface area contributed by atoms with Crippen LogP contribution in [0.1, 0.15) is 23.1 Å². The number of fused-ring (bicyclic) bond motifs is 1. The molecule has 6 heteroatoms. The molecule has 3 rings (SSSR count). The number of aromatic nitrogens is 1. The SMILES string of the molecule is COc1cc2cc(CCC(=O)NCc3ccc(C)cc3)c(=O)[nH]c2cc1OC. The first-order valence-corrected chi connectivity index (χ1v) is 9.10. The molecule has 6 nitrogen and oxygen atoms in total. The molecular formula is C22H24N2O4. The second-order valence-corrected chi connectivity index (χ2v) is 6.68. The largest absolute Gasteiger partial charge is 0.493 e. The van der Waals surface area contributed by atoms with Gasteiger partial charge in [-0.3, -0.25) is 9.59 Å². The summed E-state index contributed by atoms with van der Waals surface area (Å²) in [5.74, 6) is 1.05. The fourth-order valence-electron chi connectivity index (χ4n) is 3.01. The van der Waals surface area contributed by atoms with Crippen molar-refractivity contribution in [3.63, 3.8) is 0 Å². The highest BCUT2D eigenvalue weighted by molar-refractivity contribution is 5.83. The number of methoxy groups -OCH3 is 2. The van der Waals surface area contributed by atoms with Crippen LogP contribution in [0.25, 0.3) is 10.9 Å². The minimum Gasteiger partial charge on any atom is -0.493 e. The summed E-state index contributed by atoms with van der Waals surface area (Å²) in [5.41, 5.74) is 3.25. The number of ether oxygens (including phenoxy) is 2. The third kappa shape index (κ3) is 4.52. The minimum atomic E-state index is -0.203. The summed E-state index contributed by atoms with van der Waals surface area (Å²) in [7, 11) is 3.11. The lowest BCUT2D eigenvalue weighted by molar-refractivity contribution is -0.121. The lowest BCUT2D eigenvalue weighted by Crippen LogP contribution is -2.24. The number of carbonyl (C=O) groups excluding carboxylic acids is 1. The van der Waals surface area contributed by atoms with Crippen molar-refractivity contribution in [3.8, 4) is 11.5 Å². The molecule has 0 spiro atoms. The van der Waals surface area contributed by atoms with E-state index < -0.39 is 0 Å². The molecule has 2 aromatic carbocycles. The molecule has 1 amide bonds. The van der Waals surface area contributed by atoms with Crippen LogP contribution in [-0.2, 0) is 17.8 Å². The third-order valence-electron chi connectivity index (χ3n) is 4.66. The number of pyridine rings is 1. The Balaban J connectivity index is 1.67. The van der Waals surface area contributed by atoms with Crippen molar-refractivity contribution in [2.45, 2.75) is 26.3 Å². The zero-order valence-electron chi connectivity index (χ0n) is 16.3. The summed E-state index contributed by atoms with van der Waals surface area (Å²) < 4.78 is 10.6. The van der Waals surface area contributed by atoms with Crippen molar-refractivity contribution in [3.05, 3.63) is 69.5 Å². The van der Waals surface area contributed by atoms with Gasteiger partial charge in [0.15, 0.2) is 11.5 Å². The minimum absolute atomic E-state index is 0.0904. The zero-order valence-corrected chi connectivity index (χ0v) is 16.3. The Morgan fingerprint density at radius 3 is 2.39 bits per heavy atom. The van der Waals surface area contributed by atoms with Gasteiger partial charge >= 0.3 is 0 Å². The quantitative estimate of drug-likeness (QED) is 0.660. The molecule has 0 aliphatic rings. The molecule has 0 fully saturated rings. The Morgan fingerprint density at radius 2 is 1.71 bits per heavy atom.